The monoisotopic (exact) mass is 398 g/mol. The number of hydrogen-bond acceptors (Lipinski definition) is 5. The van der Waals surface area contributed by atoms with E-state index in [4.69, 9.17) is 4.42 Å². The largest absolute Gasteiger partial charge is 0.460 e. The van der Waals surface area contributed by atoms with Gasteiger partial charge in [-0.25, -0.2) is 9.97 Å². The van der Waals surface area contributed by atoms with Crippen molar-refractivity contribution in [1.29, 1.82) is 0 Å². The second-order valence-corrected chi connectivity index (χ2v) is 8.45. The second kappa shape index (κ2) is 6.92. The van der Waals surface area contributed by atoms with E-state index in [1.54, 1.807) is 6.07 Å². The molecule has 2 aliphatic rings. The van der Waals surface area contributed by atoms with E-state index in [0.717, 1.165) is 66.2 Å². The summed E-state index contributed by atoms with van der Waals surface area (Å²) in [4.78, 5) is 23.5. The minimum absolute atomic E-state index is 0.0889. The summed E-state index contributed by atoms with van der Waals surface area (Å²) in [6.07, 6.45) is 6.31. The Hall–Kier alpha value is -3.25. The smallest absolute Gasteiger partial charge is 0.250 e. The first-order chi connectivity index (χ1) is 14.7. The van der Waals surface area contributed by atoms with Gasteiger partial charge in [0, 0.05) is 66.2 Å². The van der Waals surface area contributed by atoms with Gasteiger partial charge in [-0.2, -0.15) is 0 Å². The van der Waals surface area contributed by atoms with Gasteiger partial charge in [0.15, 0.2) is 0 Å². The predicted octanol–water partition coefficient (Wildman–Crippen LogP) is 3.67. The number of hydrogen-bond donors (Lipinski definition) is 0. The van der Waals surface area contributed by atoms with Gasteiger partial charge in [0.05, 0.1) is 6.54 Å². The first-order valence-corrected chi connectivity index (χ1v) is 10.4. The van der Waals surface area contributed by atoms with Crippen molar-refractivity contribution in [2.75, 3.05) is 13.1 Å². The van der Waals surface area contributed by atoms with Gasteiger partial charge >= 0.3 is 0 Å². The molecule has 0 saturated carbocycles. The molecule has 1 saturated heterocycles. The zero-order chi connectivity index (χ0) is 20.1. The lowest BCUT2D eigenvalue weighted by Crippen LogP contribution is -2.46. The highest BCUT2D eigenvalue weighted by Crippen LogP contribution is 2.40. The molecule has 6 rings (SSSR count). The fraction of sp³-hybridized carbons (Fsp3) is 0.292. The number of fused-ring (bicyclic) bond motifs is 5. The number of para-hydroxylation sites is 1. The second-order valence-electron chi connectivity index (χ2n) is 8.45. The Morgan fingerprint density at radius 2 is 1.90 bits per heavy atom. The molecule has 30 heavy (non-hydrogen) atoms. The number of furan rings is 1. The lowest BCUT2D eigenvalue weighted by Gasteiger charge is -2.43. The number of aromatic nitrogens is 3. The van der Waals surface area contributed by atoms with Gasteiger partial charge in [0.1, 0.15) is 17.7 Å². The van der Waals surface area contributed by atoms with Crippen molar-refractivity contribution in [3.63, 3.8) is 0 Å². The van der Waals surface area contributed by atoms with Crippen LogP contribution in [0.1, 0.15) is 23.8 Å². The normalized spacial score (nSPS) is 20.9. The summed E-state index contributed by atoms with van der Waals surface area (Å²) in [5, 5.41) is 1.15. The maximum atomic E-state index is 12.7. The summed E-state index contributed by atoms with van der Waals surface area (Å²) in [5.74, 6) is 1.78. The molecule has 4 aromatic rings. The van der Waals surface area contributed by atoms with Gasteiger partial charge in [-0.05, 0) is 30.5 Å². The van der Waals surface area contributed by atoms with Crippen molar-refractivity contribution in [1.82, 2.24) is 19.4 Å². The van der Waals surface area contributed by atoms with Crippen molar-refractivity contribution in [2.45, 2.75) is 25.4 Å². The molecule has 0 aliphatic carbocycles. The summed E-state index contributed by atoms with van der Waals surface area (Å²) in [7, 11) is 0. The summed E-state index contributed by atoms with van der Waals surface area (Å²) >= 11 is 0. The summed E-state index contributed by atoms with van der Waals surface area (Å²) < 4.78 is 8.05. The highest BCUT2D eigenvalue weighted by molar-refractivity contribution is 5.77. The van der Waals surface area contributed by atoms with Crippen LogP contribution in [-0.2, 0) is 13.1 Å². The number of nitrogens with zero attached hydrogens (tertiary/aromatic N) is 4. The molecule has 0 amide bonds. The molecule has 0 radical (unpaired) electrons. The van der Waals surface area contributed by atoms with Gasteiger partial charge in [-0.15, -0.1) is 0 Å². The molecule has 3 aromatic heterocycles. The number of likely N-dealkylation sites (tertiary alicyclic amines) is 1. The zero-order valence-electron chi connectivity index (χ0n) is 16.6. The van der Waals surface area contributed by atoms with Crippen LogP contribution in [0.4, 0.5) is 0 Å². The van der Waals surface area contributed by atoms with E-state index in [2.05, 4.69) is 27.0 Å². The number of piperidine rings is 1. The van der Waals surface area contributed by atoms with Crippen LogP contribution in [-0.4, -0.2) is 32.5 Å². The Bertz CT molecular complexity index is 1240. The quantitative estimate of drug-likeness (QED) is 0.527. The van der Waals surface area contributed by atoms with Crippen LogP contribution in [0.5, 0.6) is 0 Å². The fourth-order valence-electron chi connectivity index (χ4n) is 5.26. The third-order valence-electron chi connectivity index (χ3n) is 6.39. The highest BCUT2D eigenvalue weighted by Gasteiger charge is 2.36. The topological polar surface area (TPSA) is 64.2 Å². The van der Waals surface area contributed by atoms with Crippen LogP contribution in [0, 0.1) is 5.92 Å². The van der Waals surface area contributed by atoms with Gasteiger partial charge in [0.25, 0.3) is 5.56 Å². The summed E-state index contributed by atoms with van der Waals surface area (Å²) in [5.41, 5.74) is 4.19. The van der Waals surface area contributed by atoms with Crippen LogP contribution in [0.15, 0.2) is 70.4 Å². The fourth-order valence-corrected chi connectivity index (χ4v) is 5.26. The van der Waals surface area contributed by atoms with E-state index in [0.29, 0.717) is 11.8 Å². The Labute approximate surface area is 173 Å². The molecule has 2 atom stereocenters. The molecule has 6 heteroatoms. The molecule has 0 spiro atoms. The summed E-state index contributed by atoms with van der Waals surface area (Å²) in [6, 6.07) is 13.9. The van der Waals surface area contributed by atoms with Crippen LogP contribution in [0.25, 0.3) is 22.1 Å². The summed E-state index contributed by atoms with van der Waals surface area (Å²) in [6.45, 7) is 3.46. The van der Waals surface area contributed by atoms with Gasteiger partial charge in [0.2, 0.25) is 0 Å². The van der Waals surface area contributed by atoms with Crippen molar-refractivity contribution >= 4 is 11.0 Å². The van der Waals surface area contributed by atoms with Crippen LogP contribution < -0.4 is 5.56 Å². The minimum atomic E-state index is 0.0889. The Morgan fingerprint density at radius 1 is 1.03 bits per heavy atom. The first kappa shape index (κ1) is 17.6. The zero-order valence-corrected chi connectivity index (χ0v) is 16.6. The minimum Gasteiger partial charge on any atom is -0.460 e. The molecule has 2 aliphatic heterocycles. The van der Waals surface area contributed by atoms with E-state index < -0.39 is 0 Å². The molecular weight excluding hydrogens is 376 g/mol. The van der Waals surface area contributed by atoms with Crippen molar-refractivity contribution in [3.05, 3.63) is 83.0 Å². The van der Waals surface area contributed by atoms with Crippen molar-refractivity contribution < 1.29 is 4.42 Å². The van der Waals surface area contributed by atoms with Crippen molar-refractivity contribution in [3.8, 4) is 11.1 Å². The third kappa shape index (κ3) is 2.95. The Kier molecular flexibility index (Phi) is 4.06. The van der Waals surface area contributed by atoms with Crippen LogP contribution >= 0.6 is 0 Å². The van der Waals surface area contributed by atoms with Crippen molar-refractivity contribution in [2.24, 2.45) is 5.92 Å². The molecule has 0 N–H and O–H groups in total. The molecule has 5 heterocycles. The van der Waals surface area contributed by atoms with Crippen LogP contribution in [0.2, 0.25) is 0 Å². The number of pyridine rings is 1. The molecule has 6 nitrogen and oxygen atoms in total. The lowest BCUT2D eigenvalue weighted by molar-refractivity contribution is 0.109. The van der Waals surface area contributed by atoms with E-state index >= 15 is 0 Å². The van der Waals surface area contributed by atoms with E-state index in [1.807, 2.05) is 41.2 Å². The van der Waals surface area contributed by atoms with E-state index in [-0.39, 0.29) is 5.56 Å². The number of benzene rings is 1. The lowest BCUT2D eigenvalue weighted by atomic mass is 9.80. The molecule has 150 valence electrons. The average molecular weight is 398 g/mol. The number of rotatable bonds is 3. The Balaban J connectivity index is 1.34. The van der Waals surface area contributed by atoms with E-state index in [9.17, 15) is 4.79 Å². The van der Waals surface area contributed by atoms with E-state index in [1.165, 1.54) is 6.33 Å². The molecule has 1 aromatic carbocycles. The first-order valence-electron chi connectivity index (χ1n) is 10.4. The molecule has 1 fully saturated rings. The molecule has 0 unspecified atom stereocenters. The van der Waals surface area contributed by atoms with Gasteiger partial charge < -0.3 is 8.98 Å². The maximum absolute atomic E-state index is 12.7. The molecular formula is C24H22N4O2. The van der Waals surface area contributed by atoms with Gasteiger partial charge in [-0.1, -0.05) is 18.2 Å². The predicted molar refractivity (Wildman–Crippen MR) is 114 cm³/mol. The molecule has 2 bridgehead atoms. The SMILES string of the molecule is O=c1ccc(-c2cncnc2)c2n1C[C@@H]1C[C@@H]2CN(Cc2cc3ccccc3o2)C1. The third-order valence-corrected chi connectivity index (χ3v) is 6.39. The average Bonchev–Trinajstić information content (AvgIpc) is 3.17. The maximum Gasteiger partial charge on any atom is 0.250 e. The highest BCUT2D eigenvalue weighted by atomic mass is 16.3. The van der Waals surface area contributed by atoms with Crippen LogP contribution in [0.3, 0.4) is 0 Å². The van der Waals surface area contributed by atoms with Gasteiger partial charge in [-0.3, -0.25) is 9.69 Å². The standard InChI is InChI=1S/C24H22N4O2/c29-23-6-5-21(19-9-25-15-26-10-19)24-18-7-16(12-28(23)24)11-27(13-18)14-20-8-17-3-1-2-4-22(17)30-20/h1-6,8-10,15-16,18H,7,11-14H2/t16-,18-/m1/s1. The Morgan fingerprint density at radius 3 is 2.77 bits per heavy atom.